The lowest BCUT2D eigenvalue weighted by Crippen LogP contribution is -2.36. The Morgan fingerprint density at radius 3 is 2.89 bits per heavy atom. The topological polar surface area (TPSA) is 81.5 Å². The molecule has 0 aromatic heterocycles. The Balaban J connectivity index is 2.71. The summed E-state index contributed by atoms with van der Waals surface area (Å²) in [7, 11) is 1.59. The Hall–Kier alpha value is -1.47. The molecule has 0 saturated carbocycles. The summed E-state index contributed by atoms with van der Waals surface area (Å²) >= 11 is 3.31. The molecule has 0 aliphatic heterocycles. The van der Waals surface area contributed by atoms with Crippen molar-refractivity contribution < 1.29 is 14.5 Å². The number of carbonyl (C=O) groups is 1. The van der Waals surface area contributed by atoms with E-state index in [1.54, 1.807) is 13.2 Å². The van der Waals surface area contributed by atoms with Gasteiger partial charge in [0.15, 0.2) is 0 Å². The van der Waals surface area contributed by atoms with Gasteiger partial charge in [-0.1, -0.05) is 22.0 Å². The van der Waals surface area contributed by atoms with E-state index in [1.165, 1.54) is 18.2 Å². The van der Waals surface area contributed by atoms with E-state index in [-0.39, 0.29) is 23.2 Å². The second-order valence-electron chi connectivity index (χ2n) is 3.91. The molecule has 1 aromatic carbocycles. The average molecular weight is 331 g/mol. The van der Waals surface area contributed by atoms with Crippen LogP contribution in [0.5, 0.6) is 0 Å². The van der Waals surface area contributed by atoms with Crippen molar-refractivity contribution in [1.29, 1.82) is 0 Å². The van der Waals surface area contributed by atoms with Gasteiger partial charge in [0.1, 0.15) is 0 Å². The van der Waals surface area contributed by atoms with Crippen molar-refractivity contribution in [1.82, 2.24) is 5.32 Å². The molecular weight excluding hydrogens is 316 g/mol. The summed E-state index contributed by atoms with van der Waals surface area (Å²) in [6.45, 7) is 0.533. The van der Waals surface area contributed by atoms with Crippen LogP contribution in [0.4, 0.5) is 5.69 Å². The third kappa shape index (κ3) is 4.96. The van der Waals surface area contributed by atoms with Crippen molar-refractivity contribution in [2.75, 3.05) is 19.0 Å². The third-order valence-corrected chi connectivity index (χ3v) is 3.29. The molecule has 104 valence electrons. The number of hydrogen-bond acceptors (Lipinski definition) is 4. The number of halogens is 1. The van der Waals surface area contributed by atoms with E-state index in [4.69, 9.17) is 4.74 Å². The SMILES string of the molecule is COCCC(CBr)NC(=O)c1cccc([N+](=O)[O-])c1. The van der Waals surface area contributed by atoms with Gasteiger partial charge in [0.25, 0.3) is 11.6 Å². The minimum absolute atomic E-state index is 0.0771. The minimum atomic E-state index is -0.524. The minimum Gasteiger partial charge on any atom is -0.385 e. The first-order chi connectivity index (χ1) is 9.08. The summed E-state index contributed by atoms with van der Waals surface area (Å²) in [6.07, 6.45) is 0.669. The molecule has 19 heavy (non-hydrogen) atoms. The summed E-state index contributed by atoms with van der Waals surface area (Å²) in [5, 5.41) is 14.0. The lowest BCUT2D eigenvalue weighted by Gasteiger charge is -2.15. The number of nitro groups is 1. The molecule has 1 atom stereocenters. The van der Waals surface area contributed by atoms with Crippen LogP contribution >= 0.6 is 15.9 Å². The van der Waals surface area contributed by atoms with Gasteiger partial charge in [-0.25, -0.2) is 0 Å². The van der Waals surface area contributed by atoms with Gasteiger partial charge >= 0.3 is 0 Å². The molecule has 1 unspecified atom stereocenters. The third-order valence-electron chi connectivity index (χ3n) is 2.51. The maximum absolute atomic E-state index is 12.0. The molecule has 1 rings (SSSR count). The first-order valence-electron chi connectivity index (χ1n) is 5.68. The van der Waals surface area contributed by atoms with E-state index in [2.05, 4.69) is 21.2 Å². The first-order valence-corrected chi connectivity index (χ1v) is 6.81. The summed E-state index contributed by atoms with van der Waals surface area (Å²) in [5.41, 5.74) is 0.178. The zero-order valence-electron chi connectivity index (χ0n) is 10.5. The predicted octanol–water partition coefficient (Wildman–Crippen LogP) is 2.12. The number of rotatable bonds is 7. The van der Waals surface area contributed by atoms with E-state index in [0.29, 0.717) is 18.4 Å². The fraction of sp³-hybridized carbons (Fsp3) is 0.417. The lowest BCUT2D eigenvalue weighted by molar-refractivity contribution is -0.384. The fourth-order valence-corrected chi connectivity index (χ4v) is 1.96. The number of nitrogens with one attached hydrogen (secondary N) is 1. The summed E-state index contributed by atoms with van der Waals surface area (Å²) in [6, 6.07) is 5.57. The van der Waals surface area contributed by atoms with Crippen molar-refractivity contribution in [3.05, 3.63) is 39.9 Å². The molecule has 0 fully saturated rings. The van der Waals surface area contributed by atoms with Gasteiger partial charge in [0.05, 0.1) is 4.92 Å². The van der Waals surface area contributed by atoms with Crippen LogP contribution in [0.15, 0.2) is 24.3 Å². The molecule has 0 spiro atoms. The average Bonchev–Trinajstić information content (AvgIpc) is 2.43. The predicted molar refractivity (Wildman–Crippen MR) is 74.6 cm³/mol. The van der Waals surface area contributed by atoms with Crippen LogP contribution in [0.2, 0.25) is 0 Å². The summed E-state index contributed by atoms with van der Waals surface area (Å²) in [5.74, 6) is -0.329. The van der Waals surface area contributed by atoms with Crippen molar-refractivity contribution in [3.63, 3.8) is 0 Å². The molecule has 0 radical (unpaired) electrons. The molecule has 0 bridgehead atoms. The standard InChI is InChI=1S/C12H15BrN2O4/c1-19-6-5-10(8-13)14-12(16)9-3-2-4-11(7-9)15(17)18/h2-4,7,10H,5-6,8H2,1H3,(H,14,16). The highest BCUT2D eigenvalue weighted by Gasteiger charge is 2.15. The smallest absolute Gasteiger partial charge is 0.270 e. The number of non-ortho nitro benzene ring substituents is 1. The number of alkyl halides is 1. The number of amides is 1. The molecule has 1 aromatic rings. The van der Waals surface area contributed by atoms with Gasteiger partial charge in [-0.05, 0) is 12.5 Å². The van der Waals surface area contributed by atoms with Crippen LogP contribution in [0.3, 0.4) is 0 Å². The first kappa shape index (κ1) is 15.6. The number of carbonyl (C=O) groups excluding carboxylic acids is 1. The molecular formula is C12H15BrN2O4. The maximum atomic E-state index is 12.0. The van der Waals surface area contributed by atoms with E-state index in [9.17, 15) is 14.9 Å². The Bertz CT molecular complexity index is 453. The zero-order chi connectivity index (χ0) is 14.3. The van der Waals surface area contributed by atoms with Gasteiger partial charge < -0.3 is 10.1 Å². The molecule has 0 saturated heterocycles. The molecule has 1 amide bonds. The van der Waals surface area contributed by atoms with E-state index < -0.39 is 4.92 Å². The van der Waals surface area contributed by atoms with Crippen molar-refractivity contribution in [3.8, 4) is 0 Å². The van der Waals surface area contributed by atoms with Crippen LogP contribution in [-0.2, 0) is 4.74 Å². The van der Waals surface area contributed by atoms with Crippen LogP contribution in [0, 0.1) is 10.1 Å². The van der Waals surface area contributed by atoms with Gasteiger partial charge in [0, 0.05) is 42.8 Å². The summed E-state index contributed by atoms with van der Waals surface area (Å²) < 4.78 is 4.95. The molecule has 7 heteroatoms. The van der Waals surface area contributed by atoms with E-state index in [1.807, 2.05) is 0 Å². The largest absolute Gasteiger partial charge is 0.385 e. The second kappa shape index (κ2) is 7.85. The number of methoxy groups -OCH3 is 1. The van der Waals surface area contributed by atoms with Gasteiger partial charge in [-0.2, -0.15) is 0 Å². The lowest BCUT2D eigenvalue weighted by atomic mass is 10.1. The van der Waals surface area contributed by atoms with Gasteiger partial charge in [0.2, 0.25) is 0 Å². The highest BCUT2D eigenvalue weighted by Crippen LogP contribution is 2.13. The number of benzene rings is 1. The van der Waals surface area contributed by atoms with Crippen LogP contribution < -0.4 is 5.32 Å². The Morgan fingerprint density at radius 2 is 2.32 bits per heavy atom. The molecule has 6 nitrogen and oxygen atoms in total. The van der Waals surface area contributed by atoms with Crippen LogP contribution in [-0.4, -0.2) is 35.9 Å². The molecule has 0 aliphatic rings. The number of nitro benzene ring substituents is 1. The number of nitrogens with zero attached hydrogens (tertiary/aromatic N) is 1. The molecule has 1 N–H and O–H groups in total. The van der Waals surface area contributed by atoms with E-state index >= 15 is 0 Å². The quantitative estimate of drug-likeness (QED) is 0.471. The normalized spacial score (nSPS) is 11.9. The van der Waals surface area contributed by atoms with Crippen LogP contribution in [0.1, 0.15) is 16.8 Å². The Labute approximate surface area is 119 Å². The second-order valence-corrected chi connectivity index (χ2v) is 4.56. The van der Waals surface area contributed by atoms with Crippen molar-refractivity contribution in [2.45, 2.75) is 12.5 Å². The summed E-state index contributed by atoms with van der Waals surface area (Å²) in [4.78, 5) is 22.1. The maximum Gasteiger partial charge on any atom is 0.270 e. The number of ether oxygens (including phenoxy) is 1. The van der Waals surface area contributed by atoms with Crippen molar-refractivity contribution in [2.24, 2.45) is 0 Å². The molecule has 0 heterocycles. The van der Waals surface area contributed by atoms with Gasteiger partial charge in [-0.3, -0.25) is 14.9 Å². The Kier molecular flexibility index (Phi) is 6.44. The zero-order valence-corrected chi connectivity index (χ0v) is 12.1. The number of hydrogen-bond donors (Lipinski definition) is 1. The Morgan fingerprint density at radius 1 is 1.58 bits per heavy atom. The van der Waals surface area contributed by atoms with Crippen LogP contribution in [0.25, 0.3) is 0 Å². The monoisotopic (exact) mass is 330 g/mol. The fourth-order valence-electron chi connectivity index (χ4n) is 1.48. The van der Waals surface area contributed by atoms with Crippen molar-refractivity contribution >= 4 is 27.5 Å². The highest BCUT2D eigenvalue weighted by molar-refractivity contribution is 9.09. The highest BCUT2D eigenvalue weighted by atomic mass is 79.9. The van der Waals surface area contributed by atoms with Gasteiger partial charge in [-0.15, -0.1) is 0 Å². The molecule has 0 aliphatic carbocycles. The van der Waals surface area contributed by atoms with E-state index in [0.717, 1.165) is 0 Å².